The summed E-state index contributed by atoms with van der Waals surface area (Å²) in [5, 5.41) is 18.3. The molecule has 2 N–H and O–H groups in total. The number of nitrogens with zero attached hydrogens (tertiary/aromatic N) is 1. The minimum absolute atomic E-state index is 0.0939. The lowest BCUT2D eigenvalue weighted by Crippen LogP contribution is -2.46. The van der Waals surface area contributed by atoms with E-state index < -0.39 is 24.4 Å². The molecule has 0 aromatic heterocycles. The molecule has 3 nitrogen and oxygen atoms in total. The second-order valence-corrected chi connectivity index (χ2v) is 4.20. The fourth-order valence-electron chi connectivity index (χ4n) is 1.20. The topological polar surface area (TPSA) is 43.7 Å². The Morgan fingerprint density at radius 2 is 1.73 bits per heavy atom. The Balaban J connectivity index is 4.23. The minimum atomic E-state index is -4.60. The van der Waals surface area contributed by atoms with Gasteiger partial charge in [-0.05, 0) is 20.4 Å². The summed E-state index contributed by atoms with van der Waals surface area (Å²) in [5.41, 5.74) is -1.07. The Morgan fingerprint density at radius 1 is 1.27 bits per heavy atom. The molecule has 0 fully saturated rings. The van der Waals surface area contributed by atoms with Crippen LogP contribution in [0.5, 0.6) is 0 Å². The fraction of sp³-hybridized carbons (Fsp3) is 1.00. The second-order valence-electron chi connectivity index (χ2n) is 4.20. The van der Waals surface area contributed by atoms with Crippen molar-refractivity contribution in [1.82, 2.24) is 4.90 Å². The lowest BCUT2D eigenvalue weighted by molar-refractivity contribution is -0.209. The fourth-order valence-corrected chi connectivity index (χ4v) is 1.20. The van der Waals surface area contributed by atoms with Crippen molar-refractivity contribution in [2.75, 3.05) is 19.6 Å². The zero-order valence-electron chi connectivity index (χ0n) is 9.17. The standard InChI is InChI=1S/C9H18F3NO2/c1-4-13(6-8(2,3)15)5-7(14)9(10,11)12/h7,14-15H,4-6H2,1-3H3. The van der Waals surface area contributed by atoms with Crippen LogP contribution in [0.2, 0.25) is 0 Å². The van der Waals surface area contributed by atoms with Gasteiger partial charge in [-0.1, -0.05) is 6.92 Å². The molecule has 0 saturated carbocycles. The van der Waals surface area contributed by atoms with Crippen LogP contribution in [-0.2, 0) is 0 Å². The highest BCUT2D eigenvalue weighted by Gasteiger charge is 2.39. The summed E-state index contributed by atoms with van der Waals surface area (Å²) in [4.78, 5) is 1.36. The summed E-state index contributed by atoms with van der Waals surface area (Å²) in [6.07, 6.45) is -6.97. The minimum Gasteiger partial charge on any atom is -0.389 e. The van der Waals surface area contributed by atoms with E-state index >= 15 is 0 Å². The van der Waals surface area contributed by atoms with Crippen LogP contribution in [0.3, 0.4) is 0 Å². The summed E-state index contributed by atoms with van der Waals surface area (Å²) in [6.45, 7) is 4.62. The van der Waals surface area contributed by atoms with E-state index in [0.29, 0.717) is 6.54 Å². The molecule has 0 aliphatic rings. The Hall–Kier alpha value is -0.330. The summed E-state index contributed by atoms with van der Waals surface area (Å²) >= 11 is 0. The van der Waals surface area contributed by atoms with Crippen molar-refractivity contribution in [3.63, 3.8) is 0 Å². The maximum Gasteiger partial charge on any atom is 0.415 e. The van der Waals surface area contributed by atoms with Crippen molar-refractivity contribution in [3.05, 3.63) is 0 Å². The molecule has 1 atom stereocenters. The van der Waals surface area contributed by atoms with Crippen LogP contribution in [0.25, 0.3) is 0 Å². The molecule has 6 heteroatoms. The predicted molar refractivity (Wildman–Crippen MR) is 50.5 cm³/mol. The molecule has 0 aromatic carbocycles. The van der Waals surface area contributed by atoms with Gasteiger partial charge in [-0.25, -0.2) is 0 Å². The molecule has 0 aliphatic carbocycles. The first-order chi connectivity index (χ1) is 6.56. The van der Waals surface area contributed by atoms with E-state index in [0.717, 1.165) is 0 Å². The molecule has 0 bridgehead atoms. The van der Waals surface area contributed by atoms with Gasteiger partial charge >= 0.3 is 6.18 Å². The third kappa shape index (κ3) is 6.70. The van der Waals surface area contributed by atoms with E-state index in [1.54, 1.807) is 6.92 Å². The first-order valence-corrected chi connectivity index (χ1v) is 4.76. The van der Waals surface area contributed by atoms with Crippen LogP contribution >= 0.6 is 0 Å². The zero-order valence-corrected chi connectivity index (χ0v) is 9.17. The van der Waals surface area contributed by atoms with Gasteiger partial charge in [0.2, 0.25) is 0 Å². The lowest BCUT2D eigenvalue weighted by atomic mass is 10.1. The summed E-state index contributed by atoms with van der Waals surface area (Å²) in [6, 6.07) is 0. The van der Waals surface area contributed by atoms with Crippen molar-refractivity contribution in [3.8, 4) is 0 Å². The smallest absolute Gasteiger partial charge is 0.389 e. The molecule has 0 rings (SSSR count). The first kappa shape index (κ1) is 14.7. The average molecular weight is 229 g/mol. The van der Waals surface area contributed by atoms with E-state index in [9.17, 15) is 18.3 Å². The number of aliphatic hydroxyl groups excluding tert-OH is 1. The molecular formula is C9H18F3NO2. The van der Waals surface area contributed by atoms with Gasteiger partial charge in [0, 0.05) is 13.1 Å². The third-order valence-electron chi connectivity index (χ3n) is 1.87. The normalized spacial score (nSPS) is 15.8. The highest BCUT2D eigenvalue weighted by atomic mass is 19.4. The van der Waals surface area contributed by atoms with Crippen molar-refractivity contribution in [2.45, 2.75) is 38.7 Å². The van der Waals surface area contributed by atoms with Gasteiger partial charge < -0.3 is 10.2 Å². The molecule has 0 amide bonds. The Morgan fingerprint density at radius 3 is 2.00 bits per heavy atom. The third-order valence-corrected chi connectivity index (χ3v) is 1.87. The van der Waals surface area contributed by atoms with Crippen LogP contribution in [0.1, 0.15) is 20.8 Å². The molecular weight excluding hydrogens is 211 g/mol. The van der Waals surface area contributed by atoms with Gasteiger partial charge in [-0.15, -0.1) is 0 Å². The van der Waals surface area contributed by atoms with E-state index in [2.05, 4.69) is 0 Å². The van der Waals surface area contributed by atoms with Gasteiger partial charge in [0.25, 0.3) is 0 Å². The quantitative estimate of drug-likeness (QED) is 0.739. The number of hydrogen-bond acceptors (Lipinski definition) is 3. The largest absolute Gasteiger partial charge is 0.415 e. The Bertz CT molecular complexity index is 189. The SMILES string of the molecule is CCN(CC(O)C(F)(F)F)CC(C)(C)O. The molecule has 0 aromatic rings. The van der Waals surface area contributed by atoms with E-state index in [1.165, 1.54) is 18.7 Å². The van der Waals surface area contributed by atoms with Gasteiger partial charge in [0.1, 0.15) is 0 Å². The maximum atomic E-state index is 12.0. The summed E-state index contributed by atoms with van der Waals surface area (Å²) in [5.74, 6) is 0. The Kier molecular flexibility index (Phi) is 5.02. The summed E-state index contributed by atoms with van der Waals surface area (Å²) < 4.78 is 36.1. The Labute approximate surface area is 87.5 Å². The van der Waals surface area contributed by atoms with Gasteiger partial charge in [0.05, 0.1) is 5.60 Å². The average Bonchev–Trinajstić information content (AvgIpc) is 1.98. The van der Waals surface area contributed by atoms with Gasteiger partial charge in [-0.2, -0.15) is 13.2 Å². The lowest BCUT2D eigenvalue weighted by Gasteiger charge is -2.30. The first-order valence-electron chi connectivity index (χ1n) is 4.76. The molecule has 0 saturated heterocycles. The number of likely N-dealkylation sites (N-methyl/N-ethyl adjacent to an activating group) is 1. The molecule has 1 unspecified atom stereocenters. The maximum absolute atomic E-state index is 12.0. The number of hydrogen-bond donors (Lipinski definition) is 2. The molecule has 0 radical (unpaired) electrons. The van der Waals surface area contributed by atoms with Gasteiger partial charge in [-0.3, -0.25) is 4.90 Å². The molecule has 92 valence electrons. The predicted octanol–water partition coefficient (Wildman–Crippen LogP) is 1.00. The monoisotopic (exact) mass is 229 g/mol. The van der Waals surface area contributed by atoms with Crippen LogP contribution in [-0.4, -0.2) is 52.6 Å². The van der Waals surface area contributed by atoms with E-state index in [-0.39, 0.29) is 6.54 Å². The van der Waals surface area contributed by atoms with Crippen molar-refractivity contribution >= 4 is 0 Å². The number of halogens is 3. The van der Waals surface area contributed by atoms with Crippen molar-refractivity contribution in [1.29, 1.82) is 0 Å². The van der Waals surface area contributed by atoms with Crippen molar-refractivity contribution < 1.29 is 23.4 Å². The molecule has 0 spiro atoms. The van der Waals surface area contributed by atoms with Crippen LogP contribution in [0.4, 0.5) is 13.2 Å². The highest BCUT2D eigenvalue weighted by molar-refractivity contribution is 4.76. The number of alkyl halides is 3. The van der Waals surface area contributed by atoms with Crippen molar-refractivity contribution in [2.24, 2.45) is 0 Å². The number of aliphatic hydroxyl groups is 2. The van der Waals surface area contributed by atoms with Crippen LogP contribution in [0, 0.1) is 0 Å². The van der Waals surface area contributed by atoms with E-state index in [1.807, 2.05) is 0 Å². The number of rotatable bonds is 5. The van der Waals surface area contributed by atoms with Crippen LogP contribution in [0.15, 0.2) is 0 Å². The van der Waals surface area contributed by atoms with Crippen LogP contribution < -0.4 is 0 Å². The molecule has 0 aliphatic heterocycles. The van der Waals surface area contributed by atoms with Gasteiger partial charge in [0.15, 0.2) is 6.10 Å². The zero-order chi connectivity index (χ0) is 12.3. The summed E-state index contributed by atoms with van der Waals surface area (Å²) in [7, 11) is 0. The highest BCUT2D eigenvalue weighted by Crippen LogP contribution is 2.21. The molecule has 0 heterocycles. The second kappa shape index (κ2) is 5.14. The van der Waals surface area contributed by atoms with E-state index in [4.69, 9.17) is 5.11 Å². The molecule has 15 heavy (non-hydrogen) atoms.